The van der Waals surface area contributed by atoms with Gasteiger partial charge in [-0.05, 0) is 23.8 Å². The van der Waals surface area contributed by atoms with Gasteiger partial charge in [-0.2, -0.15) is 0 Å². The minimum Gasteiger partial charge on any atom is -0.497 e. The van der Waals surface area contributed by atoms with Gasteiger partial charge in [0.05, 0.1) is 12.1 Å². The van der Waals surface area contributed by atoms with Gasteiger partial charge in [0.2, 0.25) is 0 Å². The minimum atomic E-state index is 0.526. The molecule has 3 heteroatoms. The fraction of sp³-hybridized carbons (Fsp3) is 0.0769. The summed E-state index contributed by atoms with van der Waals surface area (Å²) in [4.78, 5) is 0. The molecule has 81 valence electrons. The smallest absolute Gasteiger partial charge is 0.118 e. The van der Waals surface area contributed by atoms with Gasteiger partial charge in [-0.25, -0.2) is 0 Å². The zero-order valence-corrected chi connectivity index (χ0v) is 10.1. The Morgan fingerprint density at radius 3 is 2.31 bits per heavy atom. The molecular weight excluding hydrogens is 243 g/mol. The van der Waals surface area contributed by atoms with Crippen molar-refractivity contribution in [3.8, 4) is 16.9 Å². The Kier molecular flexibility index (Phi) is 3.37. The van der Waals surface area contributed by atoms with Crippen molar-refractivity contribution in [1.29, 1.82) is 0 Å². The highest BCUT2D eigenvalue weighted by Gasteiger charge is 2.07. The third-order valence-corrected chi connectivity index (χ3v) is 2.89. The molecule has 0 aliphatic heterocycles. The normalized spacial score (nSPS) is 10.2. The molecule has 0 atom stereocenters. The number of hydrogen-bond donors (Lipinski definition) is 0. The van der Waals surface area contributed by atoms with Gasteiger partial charge in [-0.3, -0.25) is 0 Å². The van der Waals surface area contributed by atoms with Crippen molar-refractivity contribution in [2.45, 2.75) is 0 Å². The standard InChI is InChI=1S/C13H9Cl2O/c1-16-10-7-5-9(6-8-10)13-11(14)3-2-4-12(13)15/h2-3,5-8H,1H3. The summed E-state index contributed by atoms with van der Waals surface area (Å²) in [6, 6.07) is 14.0. The number of benzene rings is 2. The summed E-state index contributed by atoms with van der Waals surface area (Å²) in [5.41, 5.74) is 1.75. The van der Waals surface area contributed by atoms with E-state index in [1.165, 1.54) is 0 Å². The third kappa shape index (κ3) is 2.16. The summed E-state index contributed by atoms with van der Waals surface area (Å²) in [5.74, 6) is 0.802. The highest BCUT2D eigenvalue weighted by molar-refractivity contribution is 6.39. The van der Waals surface area contributed by atoms with Gasteiger partial charge in [0, 0.05) is 16.7 Å². The van der Waals surface area contributed by atoms with E-state index in [9.17, 15) is 0 Å². The van der Waals surface area contributed by atoms with E-state index in [1.807, 2.05) is 24.3 Å². The summed E-state index contributed by atoms with van der Waals surface area (Å²) in [6.45, 7) is 0. The lowest BCUT2D eigenvalue weighted by atomic mass is 10.1. The SMILES string of the molecule is COc1ccc(-c2c(Cl)[c]ccc2Cl)cc1. The second kappa shape index (κ2) is 4.77. The van der Waals surface area contributed by atoms with Crippen LogP contribution in [0.4, 0.5) is 0 Å². The van der Waals surface area contributed by atoms with Gasteiger partial charge in [0.1, 0.15) is 5.75 Å². The molecule has 0 fully saturated rings. The lowest BCUT2D eigenvalue weighted by Gasteiger charge is -2.07. The van der Waals surface area contributed by atoms with Gasteiger partial charge in [-0.1, -0.05) is 41.4 Å². The molecule has 0 aromatic heterocycles. The Hall–Kier alpha value is -1.18. The third-order valence-electron chi connectivity index (χ3n) is 2.28. The fourth-order valence-electron chi connectivity index (χ4n) is 1.47. The van der Waals surface area contributed by atoms with Crippen LogP contribution in [0.25, 0.3) is 11.1 Å². The van der Waals surface area contributed by atoms with Crippen LogP contribution in [0.1, 0.15) is 0 Å². The number of hydrogen-bond acceptors (Lipinski definition) is 1. The monoisotopic (exact) mass is 251 g/mol. The predicted octanol–water partition coefficient (Wildman–Crippen LogP) is 4.47. The van der Waals surface area contributed by atoms with E-state index in [4.69, 9.17) is 27.9 Å². The number of rotatable bonds is 2. The van der Waals surface area contributed by atoms with Gasteiger partial charge in [0.25, 0.3) is 0 Å². The molecule has 0 N–H and O–H groups in total. The summed E-state index contributed by atoms with van der Waals surface area (Å²) >= 11 is 12.2. The van der Waals surface area contributed by atoms with Crippen molar-refractivity contribution in [2.24, 2.45) is 0 Å². The lowest BCUT2D eigenvalue weighted by Crippen LogP contribution is -1.84. The Labute approximate surface area is 105 Å². The molecule has 0 spiro atoms. The van der Waals surface area contributed by atoms with Crippen LogP contribution in [0.3, 0.4) is 0 Å². The zero-order chi connectivity index (χ0) is 11.5. The van der Waals surface area contributed by atoms with E-state index < -0.39 is 0 Å². The van der Waals surface area contributed by atoms with Crippen LogP contribution in [-0.4, -0.2) is 7.11 Å². The molecule has 2 aromatic carbocycles. The van der Waals surface area contributed by atoms with Crippen molar-refractivity contribution in [3.05, 3.63) is 52.5 Å². The van der Waals surface area contributed by atoms with E-state index >= 15 is 0 Å². The van der Waals surface area contributed by atoms with Gasteiger partial charge >= 0.3 is 0 Å². The lowest BCUT2D eigenvalue weighted by molar-refractivity contribution is 0.415. The van der Waals surface area contributed by atoms with Crippen molar-refractivity contribution >= 4 is 23.2 Å². The quantitative estimate of drug-likeness (QED) is 0.766. The molecular formula is C13H9Cl2O. The summed E-state index contributed by atoms with van der Waals surface area (Å²) in [5, 5.41) is 1.14. The Balaban J connectivity index is 2.50. The van der Waals surface area contributed by atoms with Crippen molar-refractivity contribution in [1.82, 2.24) is 0 Å². The van der Waals surface area contributed by atoms with Crippen molar-refractivity contribution in [3.63, 3.8) is 0 Å². The number of methoxy groups -OCH3 is 1. The van der Waals surface area contributed by atoms with Crippen LogP contribution in [-0.2, 0) is 0 Å². The maximum absolute atomic E-state index is 6.10. The zero-order valence-electron chi connectivity index (χ0n) is 8.63. The first-order chi connectivity index (χ1) is 7.72. The summed E-state index contributed by atoms with van der Waals surface area (Å²) in [7, 11) is 1.63. The molecule has 0 bridgehead atoms. The molecule has 0 saturated heterocycles. The van der Waals surface area contributed by atoms with Crippen LogP contribution < -0.4 is 4.74 Å². The maximum atomic E-state index is 6.10. The second-order valence-corrected chi connectivity index (χ2v) is 4.03. The average molecular weight is 252 g/mol. The van der Waals surface area contributed by atoms with Crippen LogP contribution in [0.5, 0.6) is 5.75 Å². The predicted molar refractivity (Wildman–Crippen MR) is 67.3 cm³/mol. The summed E-state index contributed by atoms with van der Waals surface area (Å²) < 4.78 is 5.09. The largest absolute Gasteiger partial charge is 0.497 e. The molecule has 16 heavy (non-hydrogen) atoms. The molecule has 0 aliphatic carbocycles. The molecule has 2 rings (SSSR count). The van der Waals surface area contributed by atoms with Crippen molar-refractivity contribution in [2.75, 3.05) is 7.11 Å². The molecule has 1 radical (unpaired) electrons. The number of ether oxygens (including phenoxy) is 1. The second-order valence-electron chi connectivity index (χ2n) is 3.24. The fourth-order valence-corrected chi connectivity index (χ4v) is 2.06. The molecule has 1 nitrogen and oxygen atoms in total. The van der Waals surface area contributed by atoms with E-state index in [-0.39, 0.29) is 0 Å². The van der Waals surface area contributed by atoms with E-state index in [0.29, 0.717) is 10.0 Å². The molecule has 0 aliphatic rings. The Morgan fingerprint density at radius 1 is 1.06 bits per heavy atom. The Bertz CT molecular complexity index is 472. The van der Waals surface area contributed by atoms with Crippen LogP contribution in [0.2, 0.25) is 10.0 Å². The average Bonchev–Trinajstić information content (AvgIpc) is 2.30. The van der Waals surface area contributed by atoms with Gasteiger partial charge in [-0.15, -0.1) is 0 Å². The Morgan fingerprint density at radius 2 is 1.75 bits per heavy atom. The molecule has 0 heterocycles. The van der Waals surface area contributed by atoms with Gasteiger partial charge in [0.15, 0.2) is 0 Å². The number of halogens is 2. The van der Waals surface area contributed by atoms with E-state index in [2.05, 4.69) is 6.07 Å². The van der Waals surface area contributed by atoms with E-state index in [0.717, 1.165) is 16.9 Å². The van der Waals surface area contributed by atoms with E-state index in [1.54, 1.807) is 19.2 Å². The topological polar surface area (TPSA) is 9.23 Å². The van der Waals surface area contributed by atoms with Crippen LogP contribution in [0, 0.1) is 6.07 Å². The highest BCUT2D eigenvalue weighted by Crippen LogP contribution is 2.34. The highest BCUT2D eigenvalue weighted by atomic mass is 35.5. The first kappa shape index (κ1) is 11.3. The van der Waals surface area contributed by atoms with Crippen molar-refractivity contribution < 1.29 is 4.74 Å². The first-order valence-corrected chi connectivity index (χ1v) is 5.48. The summed E-state index contributed by atoms with van der Waals surface area (Å²) in [6.07, 6.45) is 0. The molecule has 0 saturated carbocycles. The van der Waals surface area contributed by atoms with Gasteiger partial charge < -0.3 is 4.74 Å². The maximum Gasteiger partial charge on any atom is 0.118 e. The molecule has 2 aromatic rings. The molecule has 0 unspecified atom stereocenters. The first-order valence-electron chi connectivity index (χ1n) is 4.72. The molecule has 0 amide bonds. The van der Waals surface area contributed by atoms with Crippen LogP contribution in [0.15, 0.2) is 36.4 Å². The minimum absolute atomic E-state index is 0.526. The van der Waals surface area contributed by atoms with Crippen LogP contribution >= 0.6 is 23.2 Å².